The van der Waals surface area contributed by atoms with Crippen molar-refractivity contribution in [2.24, 2.45) is 0 Å². The first-order valence-corrected chi connectivity index (χ1v) is 11.4. The molecule has 7 heteroatoms. The highest BCUT2D eigenvalue weighted by Gasteiger charge is 2.51. The lowest BCUT2D eigenvalue weighted by Gasteiger charge is -2.32. The zero-order valence-electron chi connectivity index (χ0n) is 20.2. The van der Waals surface area contributed by atoms with E-state index in [1.165, 1.54) is 6.92 Å². The summed E-state index contributed by atoms with van der Waals surface area (Å²) < 4.78 is 11.9. The Hall–Kier alpha value is -3.87. The van der Waals surface area contributed by atoms with Crippen LogP contribution in [0.25, 0.3) is 0 Å². The number of nitrogens with zero attached hydrogens (tertiary/aromatic N) is 3. The van der Waals surface area contributed by atoms with Crippen molar-refractivity contribution in [1.29, 1.82) is 0 Å². The minimum absolute atomic E-state index is 0.333. The average Bonchev–Trinajstić information content (AvgIpc) is 3.13. The third-order valence-corrected chi connectivity index (χ3v) is 6.12. The summed E-state index contributed by atoms with van der Waals surface area (Å²) in [4.78, 5) is 33.8. The highest BCUT2D eigenvalue weighted by molar-refractivity contribution is 5.96. The standard InChI is InChI=1S/C27H29N3O4/c1-6-30(7-2)21-14-15-23(24(17-21)33-18(3)31)27(19-10-12-20(13-11-19)29(4)5)25-22(26(32)34-27)9-8-16-28-25/h8-17H,6-7H2,1-5H3. The summed E-state index contributed by atoms with van der Waals surface area (Å²) in [5, 5.41) is 0. The van der Waals surface area contributed by atoms with Crippen molar-refractivity contribution < 1.29 is 19.1 Å². The number of fused-ring (bicyclic) bond motifs is 1. The van der Waals surface area contributed by atoms with E-state index in [1.807, 2.05) is 61.5 Å². The summed E-state index contributed by atoms with van der Waals surface area (Å²) in [7, 11) is 3.92. The molecule has 0 spiro atoms. The number of hydrogen-bond donors (Lipinski definition) is 0. The minimum atomic E-state index is -1.36. The molecular weight excluding hydrogens is 430 g/mol. The van der Waals surface area contributed by atoms with Crippen LogP contribution in [0.5, 0.6) is 5.75 Å². The summed E-state index contributed by atoms with van der Waals surface area (Å²) in [6.07, 6.45) is 1.64. The van der Waals surface area contributed by atoms with Gasteiger partial charge in [-0.1, -0.05) is 12.1 Å². The SMILES string of the molecule is CCN(CC)c1ccc(C2(c3ccc(N(C)C)cc3)OC(=O)c3cccnc32)c(OC(C)=O)c1. The summed E-state index contributed by atoms with van der Waals surface area (Å²) in [5.41, 5.74) is 2.68. The highest BCUT2D eigenvalue weighted by atomic mass is 16.6. The van der Waals surface area contributed by atoms with E-state index in [-0.39, 0.29) is 0 Å². The lowest BCUT2D eigenvalue weighted by molar-refractivity contribution is -0.132. The van der Waals surface area contributed by atoms with Crippen molar-refractivity contribution in [2.75, 3.05) is 37.0 Å². The van der Waals surface area contributed by atoms with Crippen molar-refractivity contribution >= 4 is 23.3 Å². The Bertz CT molecular complexity index is 1220. The molecule has 0 aliphatic carbocycles. The Morgan fingerprint density at radius 2 is 1.71 bits per heavy atom. The summed E-state index contributed by atoms with van der Waals surface area (Å²) >= 11 is 0. The van der Waals surface area contributed by atoms with Gasteiger partial charge in [-0.15, -0.1) is 0 Å². The predicted octanol–water partition coefficient (Wildman–Crippen LogP) is 4.38. The van der Waals surface area contributed by atoms with Gasteiger partial charge in [0.1, 0.15) is 11.4 Å². The molecular formula is C27H29N3O4. The normalized spacial score (nSPS) is 16.6. The molecule has 0 fully saturated rings. The number of anilines is 2. The molecule has 3 aromatic rings. The molecule has 7 nitrogen and oxygen atoms in total. The Kier molecular flexibility index (Phi) is 6.28. The highest BCUT2D eigenvalue weighted by Crippen LogP contribution is 2.49. The molecule has 0 N–H and O–H groups in total. The van der Waals surface area contributed by atoms with Gasteiger partial charge in [-0.25, -0.2) is 4.79 Å². The summed E-state index contributed by atoms with van der Waals surface area (Å²) in [6, 6.07) is 16.8. The number of ether oxygens (including phenoxy) is 2. The Morgan fingerprint density at radius 1 is 1.03 bits per heavy atom. The fourth-order valence-corrected chi connectivity index (χ4v) is 4.45. The van der Waals surface area contributed by atoms with Crippen LogP contribution in [0.1, 0.15) is 48.0 Å². The van der Waals surface area contributed by atoms with E-state index in [0.717, 1.165) is 24.5 Å². The number of benzene rings is 2. The van der Waals surface area contributed by atoms with E-state index in [2.05, 4.69) is 23.7 Å². The van der Waals surface area contributed by atoms with Crippen molar-refractivity contribution in [2.45, 2.75) is 26.4 Å². The quantitative estimate of drug-likeness (QED) is 0.383. The van der Waals surface area contributed by atoms with Crippen molar-refractivity contribution in [1.82, 2.24) is 4.98 Å². The maximum atomic E-state index is 13.0. The van der Waals surface area contributed by atoms with Crippen LogP contribution >= 0.6 is 0 Å². The Morgan fingerprint density at radius 3 is 2.32 bits per heavy atom. The van der Waals surface area contributed by atoms with Crippen LogP contribution in [-0.2, 0) is 15.1 Å². The van der Waals surface area contributed by atoms with Gasteiger partial charge in [0.15, 0.2) is 0 Å². The van der Waals surface area contributed by atoms with E-state index in [1.54, 1.807) is 18.3 Å². The molecule has 1 aliphatic heterocycles. The maximum Gasteiger partial charge on any atom is 0.341 e. The third kappa shape index (κ3) is 3.87. The van der Waals surface area contributed by atoms with Gasteiger partial charge < -0.3 is 19.3 Å². The smallest absolute Gasteiger partial charge is 0.341 e. The number of esters is 2. The van der Waals surface area contributed by atoms with Crippen LogP contribution < -0.4 is 14.5 Å². The molecule has 4 rings (SSSR count). The van der Waals surface area contributed by atoms with Gasteiger partial charge in [-0.2, -0.15) is 0 Å². The summed E-state index contributed by atoms with van der Waals surface area (Å²) in [6.45, 7) is 7.09. The van der Waals surface area contributed by atoms with Crippen LogP contribution in [0.15, 0.2) is 60.8 Å². The van der Waals surface area contributed by atoms with Gasteiger partial charge in [0, 0.05) is 68.9 Å². The number of pyridine rings is 1. The zero-order valence-corrected chi connectivity index (χ0v) is 20.2. The lowest BCUT2D eigenvalue weighted by Crippen LogP contribution is -2.32. The topological polar surface area (TPSA) is 72.0 Å². The van der Waals surface area contributed by atoms with Crippen LogP contribution in [0.2, 0.25) is 0 Å². The fourth-order valence-electron chi connectivity index (χ4n) is 4.45. The fraction of sp³-hybridized carbons (Fsp3) is 0.296. The van der Waals surface area contributed by atoms with E-state index in [4.69, 9.17) is 9.47 Å². The van der Waals surface area contributed by atoms with Crippen LogP contribution in [-0.4, -0.2) is 44.1 Å². The van der Waals surface area contributed by atoms with E-state index < -0.39 is 17.5 Å². The second kappa shape index (κ2) is 9.17. The largest absolute Gasteiger partial charge is 0.439 e. The molecule has 34 heavy (non-hydrogen) atoms. The van der Waals surface area contributed by atoms with Crippen LogP contribution in [0.3, 0.4) is 0 Å². The van der Waals surface area contributed by atoms with Gasteiger partial charge >= 0.3 is 11.9 Å². The van der Waals surface area contributed by atoms with Gasteiger partial charge in [-0.05, 0) is 50.2 Å². The molecule has 2 heterocycles. The molecule has 1 aliphatic rings. The second-order valence-electron chi connectivity index (χ2n) is 8.36. The average molecular weight is 460 g/mol. The molecule has 0 radical (unpaired) electrons. The molecule has 0 saturated carbocycles. The Balaban J connectivity index is 2.01. The first kappa shape index (κ1) is 23.3. The zero-order chi connectivity index (χ0) is 24.5. The molecule has 0 amide bonds. The number of aromatic nitrogens is 1. The number of carbonyl (C=O) groups excluding carboxylic acids is 2. The van der Waals surface area contributed by atoms with Gasteiger partial charge in [0.05, 0.1) is 5.56 Å². The number of cyclic esters (lactones) is 1. The predicted molar refractivity (Wildman–Crippen MR) is 132 cm³/mol. The van der Waals surface area contributed by atoms with E-state index in [0.29, 0.717) is 28.1 Å². The molecule has 0 bridgehead atoms. The van der Waals surface area contributed by atoms with Crippen LogP contribution in [0.4, 0.5) is 11.4 Å². The van der Waals surface area contributed by atoms with Crippen molar-refractivity contribution in [3.63, 3.8) is 0 Å². The number of hydrogen-bond acceptors (Lipinski definition) is 7. The number of rotatable bonds is 7. The number of carbonyl (C=O) groups is 2. The van der Waals surface area contributed by atoms with E-state index in [9.17, 15) is 9.59 Å². The van der Waals surface area contributed by atoms with E-state index >= 15 is 0 Å². The first-order chi connectivity index (χ1) is 16.3. The molecule has 176 valence electrons. The molecule has 1 aromatic heterocycles. The van der Waals surface area contributed by atoms with Crippen LogP contribution in [0, 0.1) is 0 Å². The Labute approximate surface area is 199 Å². The molecule has 0 saturated heterocycles. The molecule has 1 atom stereocenters. The van der Waals surface area contributed by atoms with Crippen molar-refractivity contribution in [3.05, 3.63) is 83.2 Å². The second-order valence-corrected chi connectivity index (χ2v) is 8.36. The lowest BCUT2D eigenvalue weighted by atomic mass is 9.82. The molecule has 2 aromatic carbocycles. The summed E-state index contributed by atoms with van der Waals surface area (Å²) in [5.74, 6) is -0.595. The third-order valence-electron chi connectivity index (χ3n) is 6.12. The van der Waals surface area contributed by atoms with Gasteiger partial charge in [0.2, 0.25) is 5.60 Å². The van der Waals surface area contributed by atoms with Gasteiger partial charge in [0.25, 0.3) is 0 Å². The minimum Gasteiger partial charge on any atom is -0.439 e. The maximum absolute atomic E-state index is 13.0. The van der Waals surface area contributed by atoms with Gasteiger partial charge in [-0.3, -0.25) is 9.78 Å². The first-order valence-electron chi connectivity index (χ1n) is 11.4. The molecule has 1 unspecified atom stereocenters. The monoisotopic (exact) mass is 459 g/mol. The van der Waals surface area contributed by atoms with Crippen molar-refractivity contribution in [3.8, 4) is 5.75 Å².